The molecule has 2 aliphatic heterocycles. The smallest absolute Gasteiger partial charge is 0.318 e. The Morgan fingerprint density at radius 2 is 1.84 bits per heavy atom. The molecule has 0 unspecified atom stereocenters. The van der Waals surface area contributed by atoms with E-state index < -0.39 is 0 Å². The SMILES string of the molecule is NC1=Nc2cnc(Oc3ccccc3)cc2CN1[C@@H](CN1CC2(CCCCC2)NC1=O)C1CCCCC1. The Bertz CT molecular complexity index is 1140. The van der Waals surface area contributed by atoms with Crippen molar-refractivity contribution in [3.63, 3.8) is 0 Å². The first-order valence-electron chi connectivity index (χ1n) is 14.0. The van der Waals surface area contributed by atoms with Gasteiger partial charge in [-0.1, -0.05) is 56.7 Å². The molecule has 3 N–H and O–H groups in total. The Morgan fingerprint density at radius 3 is 2.62 bits per heavy atom. The van der Waals surface area contributed by atoms with Crippen molar-refractivity contribution < 1.29 is 9.53 Å². The van der Waals surface area contributed by atoms with E-state index in [0.29, 0.717) is 30.8 Å². The number of fused-ring (bicyclic) bond motifs is 1. The molecule has 8 heteroatoms. The van der Waals surface area contributed by atoms with Gasteiger partial charge in [0.2, 0.25) is 5.88 Å². The number of hydrogen-bond donors (Lipinski definition) is 2. The lowest BCUT2D eigenvalue weighted by Crippen LogP contribution is -2.54. The maximum Gasteiger partial charge on any atom is 0.318 e. The molecule has 2 aliphatic carbocycles. The highest BCUT2D eigenvalue weighted by Gasteiger charge is 2.45. The zero-order chi connectivity index (χ0) is 25.2. The number of aliphatic imine (C=N–C) groups is 1. The number of aromatic nitrogens is 1. The van der Waals surface area contributed by atoms with Crippen LogP contribution in [0.2, 0.25) is 0 Å². The van der Waals surface area contributed by atoms with Crippen molar-refractivity contribution >= 4 is 17.7 Å². The van der Waals surface area contributed by atoms with Gasteiger partial charge in [0.05, 0.1) is 23.5 Å². The molecule has 0 bridgehead atoms. The normalized spacial score (nSPS) is 22.4. The van der Waals surface area contributed by atoms with Gasteiger partial charge in [-0.3, -0.25) is 0 Å². The van der Waals surface area contributed by atoms with Crippen LogP contribution in [-0.2, 0) is 6.54 Å². The number of hydrogen-bond acceptors (Lipinski definition) is 6. The standard InChI is InChI=1S/C29H38N6O2/c30-27-32-24-17-31-26(37-23-12-6-2-7-13-23)16-22(24)18-35(27)25(21-10-4-1-5-11-21)19-34-20-29(33-28(34)36)14-8-3-9-15-29/h2,6-7,12-13,16-17,21,25H,1,3-5,8-11,14-15,18-20H2,(H2,30,32)(H,33,36)/t25-/m0/s1. The van der Waals surface area contributed by atoms with Gasteiger partial charge >= 0.3 is 6.03 Å². The number of benzene rings is 1. The van der Waals surface area contributed by atoms with E-state index in [1.54, 1.807) is 6.20 Å². The van der Waals surface area contributed by atoms with Gasteiger partial charge in [0, 0.05) is 31.3 Å². The van der Waals surface area contributed by atoms with E-state index in [0.717, 1.165) is 36.4 Å². The summed E-state index contributed by atoms with van der Waals surface area (Å²) < 4.78 is 6.00. The molecule has 37 heavy (non-hydrogen) atoms. The third kappa shape index (κ3) is 5.11. The number of para-hydroxylation sites is 1. The molecule has 6 rings (SSSR count). The lowest BCUT2D eigenvalue weighted by atomic mass is 9.81. The maximum absolute atomic E-state index is 13.2. The van der Waals surface area contributed by atoms with Crippen LogP contribution < -0.4 is 15.8 Å². The van der Waals surface area contributed by atoms with Crippen LogP contribution >= 0.6 is 0 Å². The van der Waals surface area contributed by atoms with Crippen LogP contribution in [0, 0.1) is 5.92 Å². The highest BCUT2D eigenvalue weighted by atomic mass is 16.5. The molecule has 1 atom stereocenters. The van der Waals surface area contributed by atoms with Gasteiger partial charge in [0.1, 0.15) is 5.75 Å². The third-order valence-corrected chi connectivity index (χ3v) is 8.74. The molecule has 1 aromatic carbocycles. The number of amides is 2. The van der Waals surface area contributed by atoms with Gasteiger partial charge in [-0.15, -0.1) is 0 Å². The molecule has 3 heterocycles. The minimum atomic E-state index is -0.0457. The average Bonchev–Trinajstić information content (AvgIpc) is 3.22. The molecule has 2 aromatic rings. The maximum atomic E-state index is 13.2. The Kier molecular flexibility index (Phi) is 6.65. The molecule has 196 valence electrons. The summed E-state index contributed by atoms with van der Waals surface area (Å²) >= 11 is 0. The first-order valence-corrected chi connectivity index (χ1v) is 14.0. The molecule has 2 saturated carbocycles. The molecule has 8 nitrogen and oxygen atoms in total. The summed E-state index contributed by atoms with van der Waals surface area (Å²) in [6, 6.07) is 11.9. The number of nitrogens with zero attached hydrogens (tertiary/aromatic N) is 4. The van der Waals surface area contributed by atoms with E-state index in [2.05, 4.69) is 20.1 Å². The lowest BCUT2D eigenvalue weighted by Gasteiger charge is -2.42. The molecular formula is C29H38N6O2. The summed E-state index contributed by atoms with van der Waals surface area (Å²) in [6.07, 6.45) is 13.7. The van der Waals surface area contributed by atoms with Crippen molar-refractivity contribution in [3.8, 4) is 11.6 Å². The summed E-state index contributed by atoms with van der Waals surface area (Å²) in [6.45, 7) is 2.12. The zero-order valence-electron chi connectivity index (χ0n) is 21.6. The number of nitrogens with two attached hydrogens (primary N) is 1. The predicted octanol–water partition coefficient (Wildman–Crippen LogP) is 5.31. The van der Waals surface area contributed by atoms with E-state index in [1.807, 2.05) is 36.4 Å². The van der Waals surface area contributed by atoms with Gasteiger partial charge in [-0.25, -0.2) is 14.8 Å². The van der Waals surface area contributed by atoms with Gasteiger partial charge in [0.25, 0.3) is 0 Å². The summed E-state index contributed by atoms with van der Waals surface area (Å²) in [5.74, 6) is 2.31. The minimum Gasteiger partial charge on any atom is -0.439 e. The summed E-state index contributed by atoms with van der Waals surface area (Å²) in [5.41, 5.74) is 8.40. The van der Waals surface area contributed by atoms with Crippen LogP contribution in [0.4, 0.5) is 10.5 Å². The van der Waals surface area contributed by atoms with E-state index in [-0.39, 0.29) is 17.6 Å². The predicted molar refractivity (Wildman–Crippen MR) is 144 cm³/mol. The van der Waals surface area contributed by atoms with Crippen molar-refractivity contribution in [2.75, 3.05) is 13.1 Å². The Balaban J connectivity index is 1.24. The number of carbonyl (C=O) groups is 1. The molecule has 4 aliphatic rings. The second-order valence-electron chi connectivity index (χ2n) is 11.3. The van der Waals surface area contributed by atoms with Crippen LogP contribution in [0.1, 0.15) is 69.8 Å². The van der Waals surface area contributed by atoms with Crippen LogP contribution in [0.3, 0.4) is 0 Å². The topological polar surface area (TPSA) is 96.1 Å². The van der Waals surface area contributed by atoms with Crippen molar-refractivity contribution in [2.45, 2.75) is 82.3 Å². The van der Waals surface area contributed by atoms with Gasteiger partial charge < -0.3 is 25.6 Å². The van der Waals surface area contributed by atoms with Crippen molar-refractivity contribution in [3.05, 3.63) is 48.2 Å². The number of rotatable bonds is 6. The van der Waals surface area contributed by atoms with E-state index in [9.17, 15) is 4.79 Å². The summed E-state index contributed by atoms with van der Waals surface area (Å²) in [7, 11) is 0. The summed E-state index contributed by atoms with van der Waals surface area (Å²) in [5, 5.41) is 3.37. The number of guanidine groups is 1. The van der Waals surface area contributed by atoms with Gasteiger partial charge in [-0.05, 0) is 43.7 Å². The highest BCUT2D eigenvalue weighted by Crippen LogP contribution is 2.37. The van der Waals surface area contributed by atoms with Crippen molar-refractivity contribution in [1.82, 2.24) is 20.1 Å². The fourth-order valence-corrected chi connectivity index (χ4v) is 6.79. The number of pyridine rings is 1. The monoisotopic (exact) mass is 502 g/mol. The third-order valence-electron chi connectivity index (χ3n) is 8.74. The Labute approximate surface area is 219 Å². The highest BCUT2D eigenvalue weighted by molar-refractivity contribution is 5.84. The van der Waals surface area contributed by atoms with Crippen LogP contribution in [-0.4, -0.2) is 51.4 Å². The van der Waals surface area contributed by atoms with Crippen molar-refractivity contribution in [1.29, 1.82) is 0 Å². The second-order valence-corrected chi connectivity index (χ2v) is 11.3. The molecule has 1 saturated heterocycles. The zero-order valence-corrected chi connectivity index (χ0v) is 21.6. The van der Waals surface area contributed by atoms with Gasteiger partial charge in [-0.2, -0.15) is 0 Å². The van der Waals surface area contributed by atoms with Crippen LogP contribution in [0.25, 0.3) is 0 Å². The molecular weight excluding hydrogens is 464 g/mol. The van der Waals surface area contributed by atoms with Crippen LogP contribution in [0.5, 0.6) is 11.6 Å². The number of carbonyl (C=O) groups excluding carboxylic acids is 1. The second kappa shape index (κ2) is 10.2. The quantitative estimate of drug-likeness (QED) is 0.558. The molecule has 0 radical (unpaired) electrons. The van der Waals surface area contributed by atoms with E-state index in [4.69, 9.17) is 15.5 Å². The first-order chi connectivity index (χ1) is 18.1. The fourth-order valence-electron chi connectivity index (χ4n) is 6.79. The molecule has 1 spiro atoms. The first kappa shape index (κ1) is 24.1. The van der Waals surface area contributed by atoms with Crippen molar-refractivity contribution in [2.24, 2.45) is 16.6 Å². The fraction of sp³-hybridized carbons (Fsp3) is 0.552. The van der Waals surface area contributed by atoms with Crippen LogP contribution in [0.15, 0.2) is 47.6 Å². The largest absolute Gasteiger partial charge is 0.439 e. The lowest BCUT2D eigenvalue weighted by molar-refractivity contribution is 0.131. The average molecular weight is 503 g/mol. The Morgan fingerprint density at radius 1 is 1.08 bits per heavy atom. The molecule has 2 amide bonds. The van der Waals surface area contributed by atoms with E-state index >= 15 is 0 Å². The Hall–Kier alpha value is -3.29. The molecule has 1 aromatic heterocycles. The number of ether oxygens (including phenoxy) is 1. The molecule has 3 fully saturated rings. The minimum absolute atomic E-state index is 0.0457. The van der Waals surface area contributed by atoms with E-state index in [1.165, 1.54) is 51.4 Å². The number of nitrogens with one attached hydrogen (secondary N) is 1. The summed E-state index contributed by atoms with van der Waals surface area (Å²) in [4.78, 5) is 26.7. The number of urea groups is 1. The van der Waals surface area contributed by atoms with Gasteiger partial charge in [0.15, 0.2) is 5.96 Å².